The Hall–Kier alpha value is -3.33. The van der Waals surface area contributed by atoms with Crippen molar-refractivity contribution in [1.82, 2.24) is 0 Å². The molecule has 2 aromatic rings. The van der Waals surface area contributed by atoms with Gasteiger partial charge in [-0.3, -0.25) is 14.9 Å². The molecule has 0 saturated carbocycles. The maximum atomic E-state index is 12.7. The molecule has 2 atom stereocenters. The number of anilines is 1. The minimum atomic E-state index is -0.518. The van der Waals surface area contributed by atoms with E-state index in [0.29, 0.717) is 23.8 Å². The van der Waals surface area contributed by atoms with E-state index >= 15 is 0 Å². The predicted octanol–water partition coefficient (Wildman–Crippen LogP) is 1.37. The van der Waals surface area contributed by atoms with Gasteiger partial charge in [0.2, 0.25) is 6.79 Å². The maximum Gasteiger partial charge on any atom is 0.282 e. The fourth-order valence-corrected chi connectivity index (χ4v) is 2.90. The molecule has 0 aliphatic carbocycles. The summed E-state index contributed by atoms with van der Waals surface area (Å²) < 4.78 is 15.9. The van der Waals surface area contributed by atoms with E-state index in [4.69, 9.17) is 14.2 Å². The molecule has 1 amide bonds. The molecule has 1 aliphatic heterocycles. The number of amides is 1. The summed E-state index contributed by atoms with van der Waals surface area (Å²) in [6.45, 7) is 2.60. The minimum absolute atomic E-state index is 0.121. The van der Waals surface area contributed by atoms with Gasteiger partial charge < -0.3 is 24.4 Å². The minimum Gasteiger partial charge on any atom is -0.495 e. The summed E-state index contributed by atoms with van der Waals surface area (Å²) in [7, 11) is 3.34. The van der Waals surface area contributed by atoms with Crippen molar-refractivity contribution in [2.75, 3.05) is 26.3 Å². The number of nitrogens with one attached hydrogen (secondary N) is 2. The van der Waals surface area contributed by atoms with Crippen LogP contribution in [-0.2, 0) is 11.3 Å². The number of non-ortho nitro benzene ring substituents is 1. The molecule has 1 unspecified atom stereocenters. The van der Waals surface area contributed by atoms with Gasteiger partial charge in [-0.15, -0.1) is 0 Å². The van der Waals surface area contributed by atoms with Crippen LogP contribution in [0, 0.1) is 10.1 Å². The number of hydrogen-bond acceptors (Lipinski definition) is 6. The second kappa shape index (κ2) is 8.13. The van der Waals surface area contributed by atoms with Crippen LogP contribution in [0.15, 0.2) is 36.4 Å². The van der Waals surface area contributed by atoms with E-state index in [1.54, 1.807) is 6.92 Å². The number of nitro groups is 1. The number of nitro benzene ring substituents is 1. The summed E-state index contributed by atoms with van der Waals surface area (Å²) in [6.07, 6.45) is 0. The number of methoxy groups -OCH3 is 1. The van der Waals surface area contributed by atoms with Crippen LogP contribution in [0.3, 0.4) is 0 Å². The van der Waals surface area contributed by atoms with Crippen LogP contribution in [0.2, 0.25) is 0 Å². The first kappa shape index (κ1) is 19.4. The number of benzene rings is 2. The van der Waals surface area contributed by atoms with Crippen LogP contribution in [0.5, 0.6) is 17.2 Å². The molecular weight excluding hydrogens is 366 g/mol. The summed E-state index contributed by atoms with van der Waals surface area (Å²) >= 11 is 0. The van der Waals surface area contributed by atoms with Crippen molar-refractivity contribution in [1.29, 1.82) is 0 Å². The van der Waals surface area contributed by atoms with Crippen molar-refractivity contribution >= 4 is 17.3 Å². The Morgan fingerprint density at radius 3 is 2.75 bits per heavy atom. The van der Waals surface area contributed by atoms with Crippen LogP contribution >= 0.6 is 0 Å². The number of likely N-dealkylation sites (N-methyl/N-ethyl adjacent to an activating group) is 1. The molecule has 3 rings (SSSR count). The first-order valence-electron chi connectivity index (χ1n) is 8.73. The third-order valence-corrected chi connectivity index (χ3v) is 4.70. The highest BCUT2D eigenvalue weighted by Crippen LogP contribution is 2.32. The lowest BCUT2D eigenvalue weighted by Gasteiger charge is -2.21. The molecule has 0 saturated heterocycles. The van der Waals surface area contributed by atoms with Crippen LogP contribution in [0.25, 0.3) is 0 Å². The third-order valence-electron chi connectivity index (χ3n) is 4.70. The van der Waals surface area contributed by atoms with Gasteiger partial charge in [-0.1, -0.05) is 0 Å². The molecule has 2 aromatic carbocycles. The number of rotatable bonds is 7. The van der Waals surface area contributed by atoms with E-state index < -0.39 is 11.0 Å². The molecule has 0 spiro atoms. The van der Waals surface area contributed by atoms with Gasteiger partial charge in [-0.25, -0.2) is 0 Å². The zero-order chi connectivity index (χ0) is 20.3. The second-order valence-electron chi connectivity index (χ2n) is 6.56. The van der Waals surface area contributed by atoms with Crippen molar-refractivity contribution in [3.63, 3.8) is 0 Å². The molecule has 0 radical (unpaired) electrons. The van der Waals surface area contributed by atoms with E-state index in [1.165, 1.54) is 25.3 Å². The molecule has 9 heteroatoms. The number of quaternary nitrogens is 1. The van der Waals surface area contributed by atoms with Crippen LogP contribution in [0.1, 0.15) is 12.5 Å². The van der Waals surface area contributed by atoms with Gasteiger partial charge in [0.05, 0.1) is 24.8 Å². The van der Waals surface area contributed by atoms with Crippen LogP contribution in [0.4, 0.5) is 11.4 Å². The highest BCUT2D eigenvalue weighted by Gasteiger charge is 2.25. The van der Waals surface area contributed by atoms with Crippen LogP contribution < -0.4 is 24.4 Å². The molecule has 0 aromatic heterocycles. The fraction of sp³-hybridized carbons (Fsp3) is 0.316. The first-order chi connectivity index (χ1) is 13.4. The summed E-state index contributed by atoms with van der Waals surface area (Å²) in [5.74, 6) is 1.50. The Morgan fingerprint density at radius 2 is 2.04 bits per heavy atom. The SMILES string of the molecule is COc1ccc([N+](=O)[O-])cc1NC(=O)[C@@H](C)[NH+](C)Cc1ccc2c(c1)OCO2. The number of ether oxygens (including phenoxy) is 3. The number of carbonyl (C=O) groups excluding carboxylic acids is 1. The Kier molecular flexibility index (Phi) is 5.65. The quantitative estimate of drug-likeness (QED) is 0.548. The number of fused-ring (bicyclic) bond motifs is 1. The molecule has 28 heavy (non-hydrogen) atoms. The van der Waals surface area contributed by atoms with E-state index in [2.05, 4.69) is 5.32 Å². The van der Waals surface area contributed by atoms with Crippen molar-refractivity contribution < 1.29 is 28.8 Å². The van der Waals surface area contributed by atoms with Crippen molar-refractivity contribution in [3.8, 4) is 17.2 Å². The van der Waals surface area contributed by atoms with Crippen molar-refractivity contribution in [2.45, 2.75) is 19.5 Å². The molecule has 0 fully saturated rings. The molecule has 2 N–H and O–H groups in total. The standard InChI is InChI=1S/C19H21N3O6/c1-12(21(2)10-13-4-6-17-18(8-13)28-11-27-17)19(23)20-15-9-14(22(24)25)5-7-16(15)26-3/h4-9,12H,10-11H2,1-3H3,(H,20,23)/p+1/t12-/m1/s1. The van der Waals surface area contributed by atoms with Crippen LogP contribution in [-0.4, -0.2) is 37.8 Å². The van der Waals surface area contributed by atoms with E-state index in [9.17, 15) is 14.9 Å². The van der Waals surface area contributed by atoms with Gasteiger partial charge in [0.15, 0.2) is 17.5 Å². The van der Waals surface area contributed by atoms with E-state index in [1.807, 2.05) is 25.2 Å². The Bertz CT molecular complexity index is 901. The van der Waals surface area contributed by atoms with Gasteiger partial charge in [0, 0.05) is 17.7 Å². The normalized spacial score (nSPS) is 14.2. The Balaban J connectivity index is 1.68. The molecule has 9 nitrogen and oxygen atoms in total. The average Bonchev–Trinajstić information content (AvgIpc) is 3.14. The third kappa shape index (κ3) is 4.15. The molecule has 1 heterocycles. The number of carbonyl (C=O) groups is 1. The van der Waals surface area contributed by atoms with E-state index in [0.717, 1.165) is 10.5 Å². The van der Waals surface area contributed by atoms with E-state index in [-0.39, 0.29) is 24.1 Å². The molecule has 148 valence electrons. The topological polar surface area (TPSA) is 104 Å². The van der Waals surface area contributed by atoms with Gasteiger partial charge in [-0.05, 0) is 31.2 Å². The number of hydrogen-bond donors (Lipinski definition) is 2. The van der Waals surface area contributed by atoms with Crippen molar-refractivity contribution in [3.05, 3.63) is 52.1 Å². The maximum absolute atomic E-state index is 12.7. The zero-order valence-electron chi connectivity index (χ0n) is 15.9. The summed E-state index contributed by atoms with van der Waals surface area (Å²) in [6, 6.07) is 9.36. The van der Waals surface area contributed by atoms with Gasteiger partial charge >= 0.3 is 0 Å². The first-order valence-corrected chi connectivity index (χ1v) is 8.73. The Morgan fingerprint density at radius 1 is 1.29 bits per heavy atom. The van der Waals surface area contributed by atoms with Gasteiger partial charge in [0.1, 0.15) is 12.3 Å². The highest BCUT2D eigenvalue weighted by molar-refractivity contribution is 5.95. The zero-order valence-corrected chi connectivity index (χ0v) is 15.9. The predicted molar refractivity (Wildman–Crippen MR) is 101 cm³/mol. The molecule has 0 bridgehead atoms. The summed E-state index contributed by atoms with van der Waals surface area (Å²) in [5, 5.41) is 13.7. The molecule has 1 aliphatic rings. The second-order valence-corrected chi connectivity index (χ2v) is 6.56. The van der Waals surface area contributed by atoms with Crippen molar-refractivity contribution in [2.24, 2.45) is 0 Å². The summed E-state index contributed by atoms with van der Waals surface area (Å²) in [4.78, 5) is 24.1. The average molecular weight is 388 g/mol. The largest absolute Gasteiger partial charge is 0.495 e. The lowest BCUT2D eigenvalue weighted by Crippen LogP contribution is -3.12. The lowest BCUT2D eigenvalue weighted by atomic mass is 10.1. The lowest BCUT2D eigenvalue weighted by molar-refractivity contribution is -0.907. The summed E-state index contributed by atoms with van der Waals surface area (Å²) in [5.41, 5.74) is 1.16. The monoisotopic (exact) mass is 388 g/mol. The van der Waals surface area contributed by atoms with Gasteiger partial charge in [-0.2, -0.15) is 0 Å². The fourth-order valence-electron chi connectivity index (χ4n) is 2.90. The Labute approximate surface area is 162 Å². The number of nitrogens with zero attached hydrogens (tertiary/aromatic N) is 1. The highest BCUT2D eigenvalue weighted by atomic mass is 16.7. The molecular formula is C19H22N3O6+. The van der Waals surface area contributed by atoms with Gasteiger partial charge in [0.25, 0.3) is 11.6 Å². The smallest absolute Gasteiger partial charge is 0.282 e.